The average molecular weight is 177 g/mol. The van der Waals surface area contributed by atoms with Crippen LogP contribution in [0.5, 0.6) is 0 Å². The van der Waals surface area contributed by atoms with Crippen molar-refractivity contribution in [1.29, 1.82) is 0 Å². The van der Waals surface area contributed by atoms with Gasteiger partial charge in [-0.25, -0.2) is 0 Å². The Kier molecular flexibility index (Phi) is 4.90. The Bertz CT molecular complexity index is 177. The summed E-state index contributed by atoms with van der Waals surface area (Å²) >= 11 is 0. The monoisotopic (exact) mass is 176 g/mol. The molecule has 0 saturated heterocycles. The maximum absolute atomic E-state index is 4.68. The molecule has 0 spiro atoms. The Hall–Kier alpha value is -0.540. The largest absolute Gasteiger partial charge is 0.365 e. The number of hydrogen-bond acceptors (Lipinski definition) is 3. The van der Waals surface area contributed by atoms with Gasteiger partial charge in [0.15, 0.2) is 0 Å². The molecular weight excluding hydrogens is 164 g/mol. The minimum atomic E-state index is 0. The lowest BCUT2D eigenvalue weighted by molar-refractivity contribution is 0.407. The van der Waals surface area contributed by atoms with Gasteiger partial charge in [-0.1, -0.05) is 5.16 Å². The highest BCUT2D eigenvalue weighted by Crippen LogP contribution is 1.98. The third-order valence-corrected chi connectivity index (χ3v) is 1.50. The molecule has 0 aliphatic carbocycles. The third-order valence-electron chi connectivity index (χ3n) is 1.50. The number of halogens is 1. The Morgan fingerprint density at radius 2 is 2.45 bits per heavy atom. The van der Waals surface area contributed by atoms with Crippen LogP contribution in [0.4, 0.5) is 0 Å². The Morgan fingerprint density at radius 1 is 1.73 bits per heavy atom. The molecule has 1 aromatic heterocycles. The number of hydrogen-bond donors (Lipinski definition) is 1. The zero-order valence-corrected chi connectivity index (χ0v) is 7.52. The molecule has 0 fully saturated rings. The Balaban J connectivity index is 0.000001000. The van der Waals surface area contributed by atoms with Gasteiger partial charge in [-0.15, -0.1) is 12.4 Å². The fourth-order valence-electron chi connectivity index (χ4n) is 0.759. The molecule has 64 valence electrons. The van der Waals surface area contributed by atoms with Crippen molar-refractivity contribution in [3.63, 3.8) is 0 Å². The fraction of sp³-hybridized carbons (Fsp3) is 0.571. The SMILES string of the molecule is CNC(C)Cc1ccon1.Cl. The molecule has 0 aliphatic heterocycles. The van der Waals surface area contributed by atoms with E-state index in [1.807, 2.05) is 13.1 Å². The minimum Gasteiger partial charge on any atom is -0.365 e. The van der Waals surface area contributed by atoms with E-state index in [0.717, 1.165) is 12.1 Å². The van der Waals surface area contributed by atoms with Crippen LogP contribution in [0.15, 0.2) is 16.9 Å². The van der Waals surface area contributed by atoms with E-state index in [9.17, 15) is 0 Å². The van der Waals surface area contributed by atoms with Crippen LogP contribution in [0.1, 0.15) is 12.6 Å². The quantitative estimate of drug-likeness (QED) is 0.754. The summed E-state index contributed by atoms with van der Waals surface area (Å²) < 4.78 is 4.68. The molecule has 1 heterocycles. The number of rotatable bonds is 3. The molecule has 1 unspecified atom stereocenters. The smallest absolute Gasteiger partial charge is 0.124 e. The molecule has 0 aromatic carbocycles. The molecule has 0 bridgehead atoms. The van der Waals surface area contributed by atoms with E-state index in [0.29, 0.717) is 6.04 Å². The van der Waals surface area contributed by atoms with Gasteiger partial charge >= 0.3 is 0 Å². The zero-order chi connectivity index (χ0) is 7.40. The molecule has 1 N–H and O–H groups in total. The molecule has 1 rings (SSSR count). The van der Waals surface area contributed by atoms with Crippen molar-refractivity contribution < 1.29 is 4.52 Å². The van der Waals surface area contributed by atoms with Crippen LogP contribution in [0, 0.1) is 0 Å². The van der Waals surface area contributed by atoms with Crippen molar-refractivity contribution in [2.45, 2.75) is 19.4 Å². The number of nitrogens with one attached hydrogen (secondary N) is 1. The first-order chi connectivity index (χ1) is 4.83. The maximum Gasteiger partial charge on any atom is 0.124 e. The second-order valence-corrected chi connectivity index (χ2v) is 2.38. The van der Waals surface area contributed by atoms with E-state index >= 15 is 0 Å². The molecule has 4 heteroatoms. The summed E-state index contributed by atoms with van der Waals surface area (Å²) in [7, 11) is 1.94. The van der Waals surface area contributed by atoms with Crippen molar-refractivity contribution in [1.82, 2.24) is 10.5 Å². The predicted molar refractivity (Wildman–Crippen MR) is 46.0 cm³/mol. The van der Waals surface area contributed by atoms with Crippen molar-refractivity contribution >= 4 is 12.4 Å². The van der Waals surface area contributed by atoms with Crippen LogP contribution in [0.2, 0.25) is 0 Å². The van der Waals surface area contributed by atoms with Gasteiger partial charge in [0, 0.05) is 18.5 Å². The van der Waals surface area contributed by atoms with E-state index in [-0.39, 0.29) is 12.4 Å². The molecule has 0 saturated carbocycles. The van der Waals surface area contributed by atoms with Gasteiger partial charge in [0.05, 0.1) is 5.69 Å². The first-order valence-electron chi connectivity index (χ1n) is 3.39. The Morgan fingerprint density at radius 3 is 2.91 bits per heavy atom. The van der Waals surface area contributed by atoms with Gasteiger partial charge in [-0.3, -0.25) is 0 Å². The van der Waals surface area contributed by atoms with Gasteiger partial charge in [0.25, 0.3) is 0 Å². The highest BCUT2D eigenvalue weighted by atomic mass is 35.5. The first kappa shape index (κ1) is 10.5. The van der Waals surface area contributed by atoms with Crippen LogP contribution in [0.25, 0.3) is 0 Å². The summed E-state index contributed by atoms with van der Waals surface area (Å²) in [5, 5.41) is 6.91. The van der Waals surface area contributed by atoms with Crippen LogP contribution in [-0.2, 0) is 6.42 Å². The first-order valence-corrected chi connectivity index (χ1v) is 3.39. The van der Waals surface area contributed by atoms with Gasteiger partial charge in [0.2, 0.25) is 0 Å². The molecule has 0 aliphatic rings. The lowest BCUT2D eigenvalue weighted by atomic mass is 10.2. The minimum absolute atomic E-state index is 0. The molecule has 0 amide bonds. The standard InChI is InChI=1S/C7H12N2O.ClH/c1-6(8-2)5-7-3-4-10-9-7;/h3-4,6,8H,5H2,1-2H3;1H. The molecule has 0 radical (unpaired) electrons. The summed E-state index contributed by atoms with van der Waals surface area (Å²) in [4.78, 5) is 0. The lowest BCUT2D eigenvalue weighted by Crippen LogP contribution is -2.23. The van der Waals surface area contributed by atoms with E-state index in [1.165, 1.54) is 0 Å². The van der Waals surface area contributed by atoms with Crippen LogP contribution in [-0.4, -0.2) is 18.2 Å². The lowest BCUT2D eigenvalue weighted by Gasteiger charge is -2.05. The average Bonchev–Trinajstić information content (AvgIpc) is 2.40. The van der Waals surface area contributed by atoms with Gasteiger partial charge in [0.1, 0.15) is 6.26 Å². The third kappa shape index (κ3) is 3.39. The van der Waals surface area contributed by atoms with Crippen LogP contribution in [0.3, 0.4) is 0 Å². The summed E-state index contributed by atoms with van der Waals surface area (Å²) in [6.07, 6.45) is 2.52. The van der Waals surface area contributed by atoms with E-state index < -0.39 is 0 Å². The number of nitrogens with zero attached hydrogens (tertiary/aromatic N) is 1. The van der Waals surface area contributed by atoms with E-state index in [1.54, 1.807) is 6.26 Å². The van der Waals surface area contributed by atoms with Gasteiger partial charge in [-0.05, 0) is 14.0 Å². The molecular formula is C7H13ClN2O. The second kappa shape index (κ2) is 5.16. The highest BCUT2D eigenvalue weighted by molar-refractivity contribution is 5.85. The van der Waals surface area contributed by atoms with Crippen LogP contribution >= 0.6 is 12.4 Å². The summed E-state index contributed by atoms with van der Waals surface area (Å²) in [6, 6.07) is 2.35. The van der Waals surface area contributed by atoms with E-state index in [4.69, 9.17) is 0 Å². The second-order valence-electron chi connectivity index (χ2n) is 2.38. The van der Waals surface area contributed by atoms with Crippen molar-refractivity contribution in [3.05, 3.63) is 18.0 Å². The number of aromatic nitrogens is 1. The van der Waals surface area contributed by atoms with Gasteiger partial charge < -0.3 is 9.84 Å². The topological polar surface area (TPSA) is 38.1 Å². The predicted octanol–water partition coefficient (Wildman–Crippen LogP) is 1.25. The molecule has 11 heavy (non-hydrogen) atoms. The zero-order valence-electron chi connectivity index (χ0n) is 6.70. The Labute approximate surface area is 72.6 Å². The van der Waals surface area contributed by atoms with Crippen LogP contribution < -0.4 is 5.32 Å². The molecule has 1 aromatic rings. The fourth-order valence-corrected chi connectivity index (χ4v) is 0.759. The molecule has 3 nitrogen and oxygen atoms in total. The maximum atomic E-state index is 4.68. The highest BCUT2D eigenvalue weighted by Gasteiger charge is 2.01. The van der Waals surface area contributed by atoms with Gasteiger partial charge in [-0.2, -0.15) is 0 Å². The van der Waals surface area contributed by atoms with Crippen molar-refractivity contribution in [2.75, 3.05) is 7.05 Å². The summed E-state index contributed by atoms with van der Waals surface area (Å²) in [5.74, 6) is 0. The number of likely N-dealkylation sites (N-methyl/N-ethyl adjacent to an activating group) is 1. The normalized spacial score (nSPS) is 12.2. The van der Waals surface area contributed by atoms with E-state index in [2.05, 4.69) is 21.9 Å². The molecule has 1 atom stereocenters. The van der Waals surface area contributed by atoms with Crippen molar-refractivity contribution in [2.24, 2.45) is 0 Å². The van der Waals surface area contributed by atoms with Crippen molar-refractivity contribution in [3.8, 4) is 0 Å². The summed E-state index contributed by atoms with van der Waals surface area (Å²) in [6.45, 7) is 2.11. The summed E-state index contributed by atoms with van der Waals surface area (Å²) in [5.41, 5.74) is 1.00.